The number of thiazole rings is 1. The molecule has 1 saturated carbocycles. The minimum Gasteiger partial charge on any atom is -0.481 e. The molecule has 9 heteroatoms. The molecule has 0 amide bonds. The summed E-state index contributed by atoms with van der Waals surface area (Å²) in [4.78, 5) is 25.1. The van der Waals surface area contributed by atoms with E-state index in [-0.39, 0.29) is 17.7 Å². The molecule has 0 saturated heterocycles. The van der Waals surface area contributed by atoms with Gasteiger partial charge in [0, 0.05) is 6.20 Å². The smallest absolute Gasteiger partial charge is 0.306 e. The first-order valence-electron chi connectivity index (χ1n) is 10.5. The van der Waals surface area contributed by atoms with Crippen LogP contribution in [0.15, 0.2) is 36.7 Å². The number of nitrogens with one attached hydrogen (secondary N) is 1. The van der Waals surface area contributed by atoms with Crippen molar-refractivity contribution in [2.24, 2.45) is 11.8 Å². The van der Waals surface area contributed by atoms with Gasteiger partial charge in [0.2, 0.25) is 0 Å². The van der Waals surface area contributed by atoms with E-state index in [9.17, 15) is 19.4 Å². The average Bonchev–Trinajstić information content (AvgIpc) is 3.28. The molecule has 3 heterocycles. The van der Waals surface area contributed by atoms with Gasteiger partial charge in [-0.25, -0.2) is 19.3 Å². The lowest BCUT2D eigenvalue weighted by Gasteiger charge is -2.35. The molecule has 0 bridgehead atoms. The summed E-state index contributed by atoms with van der Waals surface area (Å²) in [6.45, 7) is 3.43. The predicted molar refractivity (Wildman–Crippen MR) is 120 cm³/mol. The molecule has 0 spiro atoms. The van der Waals surface area contributed by atoms with Gasteiger partial charge < -0.3 is 15.5 Å². The second kappa shape index (κ2) is 8.91. The summed E-state index contributed by atoms with van der Waals surface area (Å²) < 4.78 is 13.5. The maximum Gasteiger partial charge on any atom is 0.306 e. The third kappa shape index (κ3) is 4.63. The number of carbonyl (C=O) groups is 1. The summed E-state index contributed by atoms with van der Waals surface area (Å²) >= 11 is 1.38. The zero-order valence-corrected chi connectivity index (χ0v) is 18.7. The van der Waals surface area contributed by atoms with Crippen molar-refractivity contribution in [3.8, 4) is 10.6 Å². The Bertz CT molecular complexity index is 1130. The zero-order chi connectivity index (χ0) is 22.9. The Labute approximate surface area is 189 Å². The number of rotatable bonds is 6. The second-order valence-corrected chi connectivity index (χ2v) is 9.45. The summed E-state index contributed by atoms with van der Waals surface area (Å²) in [6.07, 6.45) is 5.31. The lowest BCUT2D eigenvalue weighted by molar-refractivity contribution is -0.144. The highest BCUT2D eigenvalue weighted by Crippen LogP contribution is 2.43. The van der Waals surface area contributed by atoms with Gasteiger partial charge in [0.05, 0.1) is 22.7 Å². The number of nitrogens with zero attached hydrogens (tertiary/aromatic N) is 3. The van der Waals surface area contributed by atoms with Crippen molar-refractivity contribution >= 4 is 28.9 Å². The molecule has 0 aliphatic heterocycles. The van der Waals surface area contributed by atoms with Gasteiger partial charge in [-0.15, -0.1) is 11.3 Å². The van der Waals surface area contributed by atoms with Crippen molar-refractivity contribution in [1.29, 1.82) is 0 Å². The highest BCUT2D eigenvalue weighted by Gasteiger charge is 2.40. The van der Waals surface area contributed by atoms with Gasteiger partial charge in [-0.05, 0) is 69.2 Å². The quantitative estimate of drug-likeness (QED) is 0.485. The number of hydrogen-bond acceptors (Lipinski definition) is 7. The standard InChI is InChI=1S/C23H25FN4O3S/c1-13-10-20(25-11-16(13)24)28-19-5-3-4-17(27-19)18-12-26-22(32-18)23(2,31)15-8-6-14(7-9-15)21(29)30/h3-5,10-12,14-15,31H,6-9H2,1-2H3,(H,29,30)(H,25,27,28)/t14?,15?,23-/m0/s1. The molecule has 3 aromatic rings. The molecule has 4 rings (SSSR count). The maximum absolute atomic E-state index is 13.5. The summed E-state index contributed by atoms with van der Waals surface area (Å²) in [5.41, 5.74) is 0.0611. The molecule has 3 aromatic heterocycles. The topological polar surface area (TPSA) is 108 Å². The third-order valence-electron chi connectivity index (χ3n) is 6.11. The van der Waals surface area contributed by atoms with Crippen molar-refractivity contribution in [1.82, 2.24) is 15.0 Å². The van der Waals surface area contributed by atoms with E-state index >= 15 is 0 Å². The van der Waals surface area contributed by atoms with E-state index in [0.29, 0.717) is 53.6 Å². The van der Waals surface area contributed by atoms with Gasteiger partial charge in [0.1, 0.15) is 28.1 Å². The number of anilines is 2. The van der Waals surface area contributed by atoms with E-state index in [0.717, 1.165) is 4.88 Å². The van der Waals surface area contributed by atoms with Crippen LogP contribution >= 0.6 is 11.3 Å². The molecule has 168 valence electrons. The minimum atomic E-state index is -1.13. The second-order valence-electron chi connectivity index (χ2n) is 8.42. The first-order valence-corrected chi connectivity index (χ1v) is 11.3. The highest BCUT2D eigenvalue weighted by atomic mass is 32.1. The molecule has 0 unspecified atom stereocenters. The number of aliphatic carboxylic acids is 1. The molecule has 0 radical (unpaired) electrons. The molecule has 1 atom stereocenters. The maximum atomic E-state index is 13.5. The highest BCUT2D eigenvalue weighted by molar-refractivity contribution is 7.15. The Kier molecular flexibility index (Phi) is 6.21. The van der Waals surface area contributed by atoms with E-state index in [1.54, 1.807) is 32.2 Å². The Morgan fingerprint density at radius 3 is 2.62 bits per heavy atom. The van der Waals surface area contributed by atoms with E-state index in [1.165, 1.54) is 17.5 Å². The van der Waals surface area contributed by atoms with E-state index in [4.69, 9.17) is 0 Å². The molecule has 0 aromatic carbocycles. The fourth-order valence-electron chi connectivity index (χ4n) is 4.08. The van der Waals surface area contributed by atoms with Crippen LogP contribution in [0.25, 0.3) is 10.6 Å². The van der Waals surface area contributed by atoms with Gasteiger partial charge in [0.25, 0.3) is 0 Å². The summed E-state index contributed by atoms with van der Waals surface area (Å²) in [7, 11) is 0. The molecular weight excluding hydrogens is 431 g/mol. The lowest BCUT2D eigenvalue weighted by atomic mass is 9.74. The number of pyridine rings is 2. The van der Waals surface area contributed by atoms with Crippen molar-refractivity contribution in [3.63, 3.8) is 0 Å². The number of aryl methyl sites for hydroxylation is 1. The third-order valence-corrected chi connectivity index (χ3v) is 7.36. The summed E-state index contributed by atoms with van der Waals surface area (Å²) in [5, 5.41) is 24.1. The molecule has 1 aliphatic rings. The Hall–Kier alpha value is -2.91. The van der Waals surface area contributed by atoms with Crippen LogP contribution < -0.4 is 5.32 Å². The largest absolute Gasteiger partial charge is 0.481 e. The van der Waals surface area contributed by atoms with E-state index in [2.05, 4.69) is 20.3 Å². The molecule has 32 heavy (non-hydrogen) atoms. The van der Waals surface area contributed by atoms with Gasteiger partial charge in [-0.2, -0.15) is 0 Å². The van der Waals surface area contributed by atoms with Crippen LogP contribution in [0.2, 0.25) is 0 Å². The number of aromatic nitrogens is 3. The van der Waals surface area contributed by atoms with E-state index < -0.39 is 11.6 Å². The lowest BCUT2D eigenvalue weighted by Crippen LogP contribution is -2.35. The van der Waals surface area contributed by atoms with Crippen molar-refractivity contribution in [2.75, 3.05) is 5.32 Å². The van der Waals surface area contributed by atoms with Crippen LogP contribution in [0.4, 0.5) is 16.0 Å². The monoisotopic (exact) mass is 456 g/mol. The number of carboxylic acid groups (broad SMARTS) is 1. The number of aliphatic hydroxyl groups is 1. The van der Waals surface area contributed by atoms with Crippen molar-refractivity contribution in [2.45, 2.75) is 45.1 Å². The average molecular weight is 457 g/mol. The SMILES string of the molecule is Cc1cc(Nc2cccc(-c3cnc([C@@](C)(O)C4CCC(C(=O)O)CC4)s3)n2)ncc1F. The van der Waals surface area contributed by atoms with Crippen LogP contribution in [-0.2, 0) is 10.4 Å². The molecule has 1 aliphatic carbocycles. The van der Waals surface area contributed by atoms with Crippen LogP contribution in [0.3, 0.4) is 0 Å². The van der Waals surface area contributed by atoms with E-state index in [1.807, 2.05) is 12.1 Å². The summed E-state index contributed by atoms with van der Waals surface area (Å²) in [6, 6.07) is 7.12. The van der Waals surface area contributed by atoms with Crippen LogP contribution in [0.1, 0.15) is 43.2 Å². The van der Waals surface area contributed by atoms with Gasteiger partial charge in [-0.1, -0.05) is 6.07 Å². The van der Waals surface area contributed by atoms with Crippen LogP contribution in [-0.4, -0.2) is 31.1 Å². The predicted octanol–water partition coefficient (Wildman–Crippen LogP) is 4.89. The first-order chi connectivity index (χ1) is 15.2. The zero-order valence-electron chi connectivity index (χ0n) is 17.9. The van der Waals surface area contributed by atoms with Gasteiger partial charge in [-0.3, -0.25) is 4.79 Å². The number of carboxylic acids is 1. The molecule has 1 fully saturated rings. The minimum absolute atomic E-state index is 0.0362. The van der Waals surface area contributed by atoms with Crippen LogP contribution in [0.5, 0.6) is 0 Å². The van der Waals surface area contributed by atoms with Crippen molar-refractivity contribution in [3.05, 3.63) is 53.0 Å². The normalized spacial score (nSPS) is 20.5. The fourth-order valence-corrected chi connectivity index (χ4v) is 5.09. The van der Waals surface area contributed by atoms with Crippen LogP contribution in [0, 0.1) is 24.6 Å². The van der Waals surface area contributed by atoms with Crippen molar-refractivity contribution < 1.29 is 19.4 Å². The summed E-state index contributed by atoms with van der Waals surface area (Å²) in [5.74, 6) is -0.421. The Morgan fingerprint density at radius 1 is 1.19 bits per heavy atom. The van der Waals surface area contributed by atoms with Gasteiger partial charge in [0.15, 0.2) is 0 Å². The van der Waals surface area contributed by atoms with Gasteiger partial charge >= 0.3 is 5.97 Å². The Balaban J connectivity index is 1.50. The molecule has 3 N–H and O–H groups in total. The fraction of sp³-hybridized carbons (Fsp3) is 0.391. The molecular formula is C23H25FN4O3S. The molecule has 7 nitrogen and oxygen atoms in total. The number of hydrogen-bond donors (Lipinski definition) is 3. The number of halogens is 1. The Morgan fingerprint density at radius 2 is 1.94 bits per heavy atom. The first kappa shape index (κ1) is 22.3.